The van der Waals surface area contributed by atoms with E-state index in [1.54, 1.807) is 17.4 Å². The summed E-state index contributed by atoms with van der Waals surface area (Å²) in [6, 6.07) is 7.20. The fourth-order valence-corrected chi connectivity index (χ4v) is 2.83. The minimum absolute atomic E-state index is 0.187. The molecule has 0 bridgehead atoms. The van der Waals surface area contributed by atoms with Crippen molar-refractivity contribution in [2.24, 2.45) is 5.92 Å². The van der Waals surface area contributed by atoms with E-state index in [4.69, 9.17) is 0 Å². The number of nitrogens with one attached hydrogen (secondary N) is 1. The van der Waals surface area contributed by atoms with Crippen molar-refractivity contribution in [3.8, 4) is 0 Å². The molecule has 3 nitrogen and oxygen atoms in total. The topological polar surface area (TPSA) is 46.2 Å². The first-order chi connectivity index (χ1) is 9.10. The summed E-state index contributed by atoms with van der Waals surface area (Å²) in [6.07, 6.45) is 1.47. The van der Waals surface area contributed by atoms with Crippen LogP contribution in [0.25, 0.3) is 10.1 Å². The number of fused-ring (bicyclic) bond motifs is 1. The quantitative estimate of drug-likeness (QED) is 0.851. The summed E-state index contributed by atoms with van der Waals surface area (Å²) in [5.74, 6) is 0.184. The molecule has 0 fully saturated rings. The summed E-state index contributed by atoms with van der Waals surface area (Å²) in [4.78, 5) is 23.1. The first-order valence-corrected chi connectivity index (χ1v) is 7.21. The minimum atomic E-state index is -0.411. The molecule has 2 rings (SSSR count). The molecule has 0 unspecified atom stereocenters. The van der Waals surface area contributed by atoms with Gasteiger partial charge in [0.25, 0.3) is 5.91 Å². The third kappa shape index (κ3) is 3.41. The van der Waals surface area contributed by atoms with Crippen molar-refractivity contribution >= 4 is 33.6 Å². The molecule has 1 heterocycles. The molecule has 1 amide bonds. The predicted octanol–water partition coefficient (Wildman–Crippen LogP) is 3.24. The van der Waals surface area contributed by atoms with E-state index in [1.807, 2.05) is 37.4 Å². The van der Waals surface area contributed by atoms with Crippen molar-refractivity contribution in [3.63, 3.8) is 0 Å². The van der Waals surface area contributed by atoms with Crippen molar-refractivity contribution in [1.82, 2.24) is 5.32 Å². The van der Waals surface area contributed by atoms with Crippen LogP contribution in [-0.4, -0.2) is 18.2 Å². The van der Waals surface area contributed by atoms with Gasteiger partial charge in [-0.25, -0.2) is 0 Å². The maximum Gasteiger partial charge on any atom is 0.251 e. The average Bonchev–Trinajstić information content (AvgIpc) is 2.84. The molecular formula is C15H17NO2S. The van der Waals surface area contributed by atoms with Crippen molar-refractivity contribution in [3.05, 3.63) is 35.2 Å². The Morgan fingerprint density at radius 3 is 2.84 bits per heavy atom. The van der Waals surface area contributed by atoms with Gasteiger partial charge in [0.05, 0.1) is 6.04 Å². The van der Waals surface area contributed by atoms with E-state index >= 15 is 0 Å². The zero-order chi connectivity index (χ0) is 13.8. The Kier molecular flexibility index (Phi) is 4.32. The van der Waals surface area contributed by atoms with Gasteiger partial charge in [-0.1, -0.05) is 19.9 Å². The SMILES string of the molecule is CC(C)C[C@@H](C=O)NC(=O)c1ccc2ccsc2c1. The molecule has 1 N–H and O–H groups in total. The molecule has 2 aromatic rings. The predicted molar refractivity (Wildman–Crippen MR) is 78.6 cm³/mol. The van der Waals surface area contributed by atoms with Crippen LogP contribution < -0.4 is 5.32 Å². The van der Waals surface area contributed by atoms with Crippen molar-refractivity contribution in [1.29, 1.82) is 0 Å². The molecule has 0 saturated heterocycles. The molecule has 0 spiro atoms. The third-order valence-electron chi connectivity index (χ3n) is 2.92. The largest absolute Gasteiger partial charge is 0.343 e. The number of rotatable bonds is 5. The summed E-state index contributed by atoms with van der Waals surface area (Å²) >= 11 is 1.60. The van der Waals surface area contributed by atoms with Crippen LogP contribution in [0.3, 0.4) is 0 Å². The van der Waals surface area contributed by atoms with Crippen LogP contribution in [0.1, 0.15) is 30.6 Å². The first-order valence-electron chi connectivity index (χ1n) is 6.33. The molecule has 1 atom stereocenters. The summed E-state index contributed by atoms with van der Waals surface area (Å²) in [7, 11) is 0. The summed E-state index contributed by atoms with van der Waals surface area (Å²) in [5.41, 5.74) is 0.602. The van der Waals surface area contributed by atoms with Crippen LogP contribution in [0.4, 0.5) is 0 Å². The average molecular weight is 275 g/mol. The van der Waals surface area contributed by atoms with Crippen LogP contribution in [0, 0.1) is 5.92 Å². The Balaban J connectivity index is 2.11. The Hall–Kier alpha value is -1.68. The molecular weight excluding hydrogens is 258 g/mol. The second-order valence-corrected chi connectivity index (χ2v) is 5.97. The highest BCUT2D eigenvalue weighted by atomic mass is 32.1. The number of amides is 1. The maximum absolute atomic E-state index is 12.1. The van der Waals surface area contributed by atoms with Crippen LogP contribution in [0.15, 0.2) is 29.6 Å². The van der Waals surface area contributed by atoms with Gasteiger partial charge in [-0.05, 0) is 41.3 Å². The Labute approximate surface area is 116 Å². The van der Waals surface area contributed by atoms with Gasteiger partial charge in [0.15, 0.2) is 0 Å². The van der Waals surface area contributed by atoms with Gasteiger partial charge in [0.2, 0.25) is 0 Å². The lowest BCUT2D eigenvalue weighted by atomic mass is 10.0. The number of carbonyl (C=O) groups is 2. The van der Waals surface area contributed by atoms with Gasteiger partial charge in [-0.15, -0.1) is 11.3 Å². The van der Waals surface area contributed by atoms with Gasteiger partial charge in [-0.3, -0.25) is 4.79 Å². The molecule has 0 aliphatic carbocycles. The van der Waals surface area contributed by atoms with Gasteiger partial charge in [-0.2, -0.15) is 0 Å². The maximum atomic E-state index is 12.1. The van der Waals surface area contributed by atoms with Crippen LogP contribution in [-0.2, 0) is 4.79 Å². The zero-order valence-electron chi connectivity index (χ0n) is 11.1. The zero-order valence-corrected chi connectivity index (χ0v) is 11.9. The number of hydrogen-bond acceptors (Lipinski definition) is 3. The minimum Gasteiger partial charge on any atom is -0.343 e. The Bertz CT molecular complexity index is 589. The summed E-state index contributed by atoms with van der Waals surface area (Å²) in [5, 5.41) is 5.90. The number of aldehydes is 1. The molecule has 0 radical (unpaired) electrons. The van der Waals surface area contributed by atoms with E-state index < -0.39 is 6.04 Å². The number of carbonyl (C=O) groups excluding carboxylic acids is 2. The molecule has 0 aliphatic rings. The van der Waals surface area contributed by atoms with Gasteiger partial charge in [0.1, 0.15) is 6.29 Å². The Morgan fingerprint density at radius 2 is 2.16 bits per heavy atom. The highest BCUT2D eigenvalue weighted by Crippen LogP contribution is 2.21. The lowest BCUT2D eigenvalue weighted by Gasteiger charge is -2.14. The normalized spacial score (nSPS) is 12.6. The van der Waals surface area contributed by atoms with E-state index in [1.165, 1.54) is 0 Å². The van der Waals surface area contributed by atoms with Gasteiger partial charge < -0.3 is 10.1 Å². The van der Waals surface area contributed by atoms with Crippen LogP contribution in [0.5, 0.6) is 0 Å². The number of benzene rings is 1. The standard InChI is InChI=1S/C15H17NO2S/c1-10(2)7-13(9-17)16-15(18)12-4-3-11-5-6-19-14(11)8-12/h3-6,8-10,13H,7H2,1-2H3,(H,16,18)/t13-/m0/s1. The highest BCUT2D eigenvalue weighted by molar-refractivity contribution is 7.17. The van der Waals surface area contributed by atoms with E-state index in [0.717, 1.165) is 16.4 Å². The summed E-state index contributed by atoms with van der Waals surface area (Å²) in [6.45, 7) is 4.06. The number of thiophene rings is 1. The number of hydrogen-bond donors (Lipinski definition) is 1. The van der Waals surface area contributed by atoms with Gasteiger partial charge >= 0.3 is 0 Å². The fraction of sp³-hybridized carbons (Fsp3) is 0.333. The van der Waals surface area contributed by atoms with E-state index in [-0.39, 0.29) is 5.91 Å². The molecule has 1 aromatic carbocycles. The molecule has 1 aromatic heterocycles. The highest BCUT2D eigenvalue weighted by Gasteiger charge is 2.14. The monoisotopic (exact) mass is 275 g/mol. The summed E-state index contributed by atoms with van der Waals surface area (Å²) < 4.78 is 1.08. The van der Waals surface area contributed by atoms with E-state index in [2.05, 4.69) is 5.32 Å². The van der Waals surface area contributed by atoms with Crippen molar-refractivity contribution in [2.45, 2.75) is 26.3 Å². The molecule has 4 heteroatoms. The first kappa shape index (κ1) is 13.7. The molecule has 100 valence electrons. The van der Waals surface area contributed by atoms with Crippen molar-refractivity contribution < 1.29 is 9.59 Å². The molecule has 0 saturated carbocycles. The Morgan fingerprint density at radius 1 is 1.37 bits per heavy atom. The molecule has 19 heavy (non-hydrogen) atoms. The lowest BCUT2D eigenvalue weighted by molar-refractivity contribution is -0.109. The van der Waals surface area contributed by atoms with Crippen LogP contribution in [0.2, 0.25) is 0 Å². The second kappa shape index (κ2) is 5.97. The van der Waals surface area contributed by atoms with Crippen LogP contribution >= 0.6 is 11.3 Å². The second-order valence-electron chi connectivity index (χ2n) is 5.02. The van der Waals surface area contributed by atoms with Crippen molar-refractivity contribution in [2.75, 3.05) is 0 Å². The van der Waals surface area contributed by atoms with E-state index in [0.29, 0.717) is 17.9 Å². The third-order valence-corrected chi connectivity index (χ3v) is 3.80. The smallest absolute Gasteiger partial charge is 0.251 e. The molecule has 0 aliphatic heterocycles. The van der Waals surface area contributed by atoms with E-state index in [9.17, 15) is 9.59 Å². The van der Waals surface area contributed by atoms with Gasteiger partial charge in [0, 0.05) is 10.3 Å². The fourth-order valence-electron chi connectivity index (χ4n) is 2.00. The lowest BCUT2D eigenvalue weighted by Crippen LogP contribution is -2.36.